The largest absolute Gasteiger partial charge is 0.478 e. The van der Waals surface area contributed by atoms with Gasteiger partial charge >= 0.3 is 0 Å². The van der Waals surface area contributed by atoms with Crippen LogP contribution in [0.1, 0.15) is 28.9 Å². The molecule has 2 N–H and O–H groups in total. The molecule has 0 radical (unpaired) electrons. The summed E-state index contributed by atoms with van der Waals surface area (Å²) >= 11 is 0. The highest BCUT2D eigenvalue weighted by molar-refractivity contribution is 5.93. The number of halogens is 1. The van der Waals surface area contributed by atoms with E-state index in [-0.39, 0.29) is 18.3 Å². The van der Waals surface area contributed by atoms with Crippen LogP contribution in [0, 0.1) is 5.82 Å². The summed E-state index contributed by atoms with van der Waals surface area (Å²) in [6, 6.07) is 8.68. The van der Waals surface area contributed by atoms with Gasteiger partial charge in [0.2, 0.25) is 5.88 Å². The fourth-order valence-corrected chi connectivity index (χ4v) is 1.84. The third kappa shape index (κ3) is 4.26. The molecule has 0 saturated carbocycles. The summed E-state index contributed by atoms with van der Waals surface area (Å²) in [7, 11) is 0. The van der Waals surface area contributed by atoms with Crippen molar-refractivity contribution in [3.05, 3.63) is 59.5 Å². The first-order valence-corrected chi connectivity index (χ1v) is 6.90. The zero-order valence-corrected chi connectivity index (χ0v) is 12.1. The summed E-state index contributed by atoms with van der Waals surface area (Å²) in [5.41, 5.74) is 0.904. The smallest absolute Gasteiger partial charge is 0.252 e. The van der Waals surface area contributed by atoms with E-state index in [9.17, 15) is 14.3 Å². The normalized spacial score (nSPS) is 11.8. The minimum absolute atomic E-state index is 0.0255. The van der Waals surface area contributed by atoms with Gasteiger partial charge in [0.25, 0.3) is 5.91 Å². The number of hydrogen-bond donors (Lipinski definition) is 2. The number of nitrogens with one attached hydrogen (secondary N) is 1. The van der Waals surface area contributed by atoms with Crippen LogP contribution in [0.4, 0.5) is 4.39 Å². The standard InChI is InChI=1S/C16H17FN2O3/c1-2-22-15-8-5-12(9-18-15)16(21)19-10-14(20)11-3-6-13(17)7-4-11/h3-9,14,20H,2,10H2,1H3,(H,19,21). The lowest BCUT2D eigenvalue weighted by atomic mass is 10.1. The molecule has 0 aliphatic heterocycles. The maximum atomic E-state index is 12.8. The lowest BCUT2D eigenvalue weighted by Crippen LogP contribution is -2.28. The van der Waals surface area contributed by atoms with E-state index in [4.69, 9.17) is 4.74 Å². The lowest BCUT2D eigenvalue weighted by Gasteiger charge is -2.12. The first-order chi connectivity index (χ1) is 10.6. The van der Waals surface area contributed by atoms with Crippen LogP contribution in [0.15, 0.2) is 42.6 Å². The van der Waals surface area contributed by atoms with E-state index >= 15 is 0 Å². The molecule has 6 heteroatoms. The van der Waals surface area contributed by atoms with Gasteiger partial charge in [0.1, 0.15) is 5.82 Å². The second-order valence-electron chi connectivity index (χ2n) is 4.60. The Kier molecular flexibility index (Phi) is 5.43. The van der Waals surface area contributed by atoms with Gasteiger partial charge in [-0.1, -0.05) is 12.1 Å². The predicted octanol–water partition coefficient (Wildman–Crippen LogP) is 2.08. The molecule has 116 valence electrons. The Labute approximate surface area is 127 Å². The molecule has 0 aliphatic carbocycles. The highest BCUT2D eigenvalue weighted by Gasteiger charge is 2.11. The number of aromatic nitrogens is 1. The summed E-state index contributed by atoms with van der Waals surface area (Å²) in [6.07, 6.45) is 0.505. The molecule has 2 rings (SSSR count). The molecule has 1 heterocycles. The van der Waals surface area contributed by atoms with Crippen LogP contribution < -0.4 is 10.1 Å². The average Bonchev–Trinajstić information content (AvgIpc) is 2.54. The van der Waals surface area contributed by atoms with Gasteiger partial charge in [0.15, 0.2) is 0 Å². The second kappa shape index (κ2) is 7.51. The van der Waals surface area contributed by atoms with Crippen molar-refractivity contribution < 1.29 is 19.0 Å². The number of carbonyl (C=O) groups excluding carboxylic acids is 1. The molecule has 1 unspecified atom stereocenters. The number of benzene rings is 1. The van der Waals surface area contributed by atoms with Crippen LogP contribution in [0.5, 0.6) is 5.88 Å². The van der Waals surface area contributed by atoms with E-state index in [1.165, 1.54) is 30.5 Å². The topological polar surface area (TPSA) is 71.5 Å². The number of carbonyl (C=O) groups is 1. The minimum atomic E-state index is -0.903. The van der Waals surface area contributed by atoms with E-state index < -0.39 is 6.10 Å². The second-order valence-corrected chi connectivity index (χ2v) is 4.60. The fraction of sp³-hybridized carbons (Fsp3) is 0.250. The van der Waals surface area contributed by atoms with Crippen molar-refractivity contribution in [1.82, 2.24) is 10.3 Å². The number of hydrogen-bond acceptors (Lipinski definition) is 4. The van der Waals surface area contributed by atoms with Gasteiger partial charge in [0.05, 0.1) is 18.3 Å². The minimum Gasteiger partial charge on any atom is -0.478 e. The molecule has 0 spiro atoms. The van der Waals surface area contributed by atoms with Crippen LogP contribution >= 0.6 is 0 Å². The number of amides is 1. The molecule has 22 heavy (non-hydrogen) atoms. The zero-order chi connectivity index (χ0) is 15.9. The molecule has 0 fully saturated rings. The molecule has 1 atom stereocenters. The summed E-state index contributed by atoms with van der Waals surface area (Å²) in [5.74, 6) is -0.275. The van der Waals surface area contributed by atoms with Gasteiger partial charge in [-0.25, -0.2) is 9.37 Å². The van der Waals surface area contributed by atoms with Crippen LogP contribution in [0.25, 0.3) is 0 Å². The molecule has 0 saturated heterocycles. The van der Waals surface area contributed by atoms with Crippen LogP contribution in [0.3, 0.4) is 0 Å². The van der Waals surface area contributed by atoms with E-state index in [1.807, 2.05) is 6.92 Å². The third-order valence-electron chi connectivity index (χ3n) is 3.00. The zero-order valence-electron chi connectivity index (χ0n) is 12.1. The fourth-order valence-electron chi connectivity index (χ4n) is 1.84. The van der Waals surface area contributed by atoms with Gasteiger partial charge in [-0.15, -0.1) is 0 Å². The Morgan fingerprint density at radius 1 is 1.32 bits per heavy atom. The first kappa shape index (κ1) is 15.9. The molecular weight excluding hydrogens is 287 g/mol. The number of aliphatic hydroxyl groups excluding tert-OH is 1. The van der Waals surface area contributed by atoms with Crippen molar-refractivity contribution in [3.8, 4) is 5.88 Å². The van der Waals surface area contributed by atoms with Crippen molar-refractivity contribution in [1.29, 1.82) is 0 Å². The number of pyridine rings is 1. The Bertz CT molecular complexity index is 614. The monoisotopic (exact) mass is 304 g/mol. The maximum Gasteiger partial charge on any atom is 0.252 e. The molecule has 0 aliphatic rings. The molecule has 5 nitrogen and oxygen atoms in total. The van der Waals surface area contributed by atoms with Crippen LogP contribution in [-0.4, -0.2) is 29.1 Å². The first-order valence-electron chi connectivity index (χ1n) is 6.90. The lowest BCUT2D eigenvalue weighted by molar-refractivity contribution is 0.0916. The Morgan fingerprint density at radius 3 is 2.64 bits per heavy atom. The third-order valence-corrected chi connectivity index (χ3v) is 3.00. The van der Waals surface area contributed by atoms with Gasteiger partial charge < -0.3 is 15.2 Å². The van der Waals surface area contributed by atoms with Crippen molar-refractivity contribution in [2.24, 2.45) is 0 Å². The quantitative estimate of drug-likeness (QED) is 0.857. The van der Waals surface area contributed by atoms with Gasteiger partial charge in [-0.05, 0) is 30.7 Å². The van der Waals surface area contributed by atoms with E-state index in [0.29, 0.717) is 23.6 Å². The van der Waals surface area contributed by atoms with Crippen molar-refractivity contribution in [3.63, 3.8) is 0 Å². The van der Waals surface area contributed by atoms with E-state index in [1.54, 1.807) is 12.1 Å². The van der Waals surface area contributed by atoms with Crippen molar-refractivity contribution in [2.45, 2.75) is 13.0 Å². The Balaban J connectivity index is 1.90. The summed E-state index contributed by atoms with van der Waals surface area (Å²) in [4.78, 5) is 15.9. The van der Waals surface area contributed by atoms with Gasteiger partial charge in [0, 0.05) is 18.8 Å². The average molecular weight is 304 g/mol. The Morgan fingerprint density at radius 2 is 2.05 bits per heavy atom. The van der Waals surface area contributed by atoms with Crippen molar-refractivity contribution in [2.75, 3.05) is 13.2 Å². The highest BCUT2D eigenvalue weighted by Crippen LogP contribution is 2.13. The predicted molar refractivity (Wildman–Crippen MR) is 79.1 cm³/mol. The number of aliphatic hydroxyl groups is 1. The molecule has 2 aromatic rings. The van der Waals surface area contributed by atoms with E-state index in [0.717, 1.165) is 0 Å². The van der Waals surface area contributed by atoms with Gasteiger partial charge in [-0.3, -0.25) is 4.79 Å². The van der Waals surface area contributed by atoms with Crippen molar-refractivity contribution >= 4 is 5.91 Å². The number of nitrogens with zero attached hydrogens (tertiary/aromatic N) is 1. The summed E-state index contributed by atoms with van der Waals surface area (Å²) < 4.78 is 18.0. The van der Waals surface area contributed by atoms with E-state index in [2.05, 4.69) is 10.3 Å². The van der Waals surface area contributed by atoms with Gasteiger partial charge in [-0.2, -0.15) is 0 Å². The molecule has 0 bridgehead atoms. The number of rotatable bonds is 6. The number of ether oxygens (including phenoxy) is 1. The molecule has 1 amide bonds. The molecule has 1 aromatic carbocycles. The summed E-state index contributed by atoms with van der Waals surface area (Å²) in [5, 5.41) is 12.5. The Hall–Kier alpha value is -2.47. The molecular formula is C16H17FN2O3. The SMILES string of the molecule is CCOc1ccc(C(=O)NCC(O)c2ccc(F)cc2)cn1. The van der Waals surface area contributed by atoms with Crippen LogP contribution in [0.2, 0.25) is 0 Å². The maximum absolute atomic E-state index is 12.8. The molecule has 1 aromatic heterocycles. The van der Waals surface area contributed by atoms with Crippen LogP contribution in [-0.2, 0) is 0 Å². The summed E-state index contributed by atoms with van der Waals surface area (Å²) in [6.45, 7) is 2.37. The highest BCUT2D eigenvalue weighted by atomic mass is 19.1.